The summed E-state index contributed by atoms with van der Waals surface area (Å²) >= 11 is 0. The number of piperidine rings is 1. The predicted molar refractivity (Wildman–Crippen MR) is 105 cm³/mol. The molecular formula is C21H27ClFNO2. The van der Waals surface area contributed by atoms with Crippen LogP contribution >= 0.6 is 12.4 Å². The first-order valence-electron chi connectivity index (χ1n) is 8.97. The second-order valence-corrected chi connectivity index (χ2v) is 6.60. The summed E-state index contributed by atoms with van der Waals surface area (Å²) < 4.78 is 24.7. The second kappa shape index (κ2) is 10.4. The Labute approximate surface area is 161 Å². The van der Waals surface area contributed by atoms with E-state index in [1.54, 1.807) is 19.2 Å². The number of likely N-dealkylation sites (tertiary alicyclic amines) is 1. The van der Waals surface area contributed by atoms with E-state index in [9.17, 15) is 4.39 Å². The highest BCUT2D eigenvalue weighted by Gasteiger charge is 2.20. The molecule has 26 heavy (non-hydrogen) atoms. The maximum Gasteiger partial charge on any atom is 0.126 e. The Morgan fingerprint density at radius 1 is 1.00 bits per heavy atom. The molecule has 0 amide bonds. The molecule has 5 heteroatoms. The van der Waals surface area contributed by atoms with Crippen molar-refractivity contribution in [2.45, 2.75) is 19.3 Å². The fourth-order valence-electron chi connectivity index (χ4n) is 3.35. The van der Waals surface area contributed by atoms with Gasteiger partial charge in [-0.15, -0.1) is 12.4 Å². The van der Waals surface area contributed by atoms with Gasteiger partial charge in [0.25, 0.3) is 0 Å². The third-order valence-corrected chi connectivity index (χ3v) is 4.91. The molecule has 0 bridgehead atoms. The maximum absolute atomic E-state index is 13.8. The van der Waals surface area contributed by atoms with Gasteiger partial charge in [-0.1, -0.05) is 18.2 Å². The van der Waals surface area contributed by atoms with E-state index in [2.05, 4.69) is 4.90 Å². The Morgan fingerprint density at radius 2 is 1.65 bits per heavy atom. The first-order chi connectivity index (χ1) is 12.2. The van der Waals surface area contributed by atoms with Crippen LogP contribution in [0.5, 0.6) is 11.5 Å². The molecule has 1 saturated heterocycles. The van der Waals surface area contributed by atoms with Gasteiger partial charge >= 0.3 is 0 Å². The average molecular weight is 380 g/mol. The summed E-state index contributed by atoms with van der Waals surface area (Å²) in [7, 11) is 1.66. The lowest BCUT2D eigenvalue weighted by atomic mass is 9.90. The zero-order chi connectivity index (χ0) is 17.5. The van der Waals surface area contributed by atoms with Gasteiger partial charge in [0.05, 0.1) is 7.11 Å². The van der Waals surface area contributed by atoms with Crippen molar-refractivity contribution in [3.63, 3.8) is 0 Å². The fraction of sp³-hybridized carbons (Fsp3) is 0.429. The van der Waals surface area contributed by atoms with E-state index in [1.165, 1.54) is 0 Å². The van der Waals surface area contributed by atoms with Gasteiger partial charge in [-0.05, 0) is 74.2 Å². The average Bonchev–Trinajstić information content (AvgIpc) is 2.65. The monoisotopic (exact) mass is 379 g/mol. The number of ether oxygens (including phenoxy) is 2. The highest BCUT2D eigenvalue weighted by Crippen LogP contribution is 2.23. The molecule has 0 N–H and O–H groups in total. The SMILES string of the molecule is COc1ccc(OCCN2CCC(Cc3ccccc3F)CC2)cc1.Cl. The summed E-state index contributed by atoms with van der Waals surface area (Å²) in [6.07, 6.45) is 3.09. The van der Waals surface area contributed by atoms with Crippen LogP contribution in [0.3, 0.4) is 0 Å². The van der Waals surface area contributed by atoms with Crippen molar-refractivity contribution in [1.29, 1.82) is 0 Å². The summed E-state index contributed by atoms with van der Waals surface area (Å²) in [5.74, 6) is 2.22. The van der Waals surface area contributed by atoms with Gasteiger partial charge in [0.15, 0.2) is 0 Å². The van der Waals surface area contributed by atoms with Crippen molar-refractivity contribution in [3.8, 4) is 11.5 Å². The molecule has 1 aliphatic rings. The number of hydrogen-bond donors (Lipinski definition) is 0. The summed E-state index contributed by atoms with van der Waals surface area (Å²) in [6, 6.07) is 14.8. The van der Waals surface area contributed by atoms with Crippen molar-refractivity contribution in [1.82, 2.24) is 4.90 Å². The lowest BCUT2D eigenvalue weighted by molar-refractivity contribution is 0.154. The lowest BCUT2D eigenvalue weighted by Gasteiger charge is -2.32. The molecular weight excluding hydrogens is 353 g/mol. The number of nitrogens with zero attached hydrogens (tertiary/aromatic N) is 1. The summed E-state index contributed by atoms with van der Waals surface area (Å²) in [5, 5.41) is 0. The van der Waals surface area contributed by atoms with Crippen LogP contribution in [-0.2, 0) is 6.42 Å². The molecule has 0 aliphatic carbocycles. The van der Waals surface area contributed by atoms with Crippen LogP contribution in [0.25, 0.3) is 0 Å². The van der Waals surface area contributed by atoms with Gasteiger partial charge in [0, 0.05) is 6.54 Å². The van der Waals surface area contributed by atoms with E-state index < -0.39 is 0 Å². The van der Waals surface area contributed by atoms with Crippen LogP contribution in [-0.4, -0.2) is 38.3 Å². The Bertz CT molecular complexity index is 657. The molecule has 0 spiro atoms. The maximum atomic E-state index is 13.8. The topological polar surface area (TPSA) is 21.7 Å². The largest absolute Gasteiger partial charge is 0.497 e. The molecule has 3 nitrogen and oxygen atoms in total. The van der Waals surface area contributed by atoms with Gasteiger partial charge < -0.3 is 9.47 Å². The van der Waals surface area contributed by atoms with E-state index in [-0.39, 0.29) is 18.2 Å². The van der Waals surface area contributed by atoms with Gasteiger partial charge in [-0.2, -0.15) is 0 Å². The smallest absolute Gasteiger partial charge is 0.126 e. The van der Waals surface area contributed by atoms with Crippen LogP contribution in [0, 0.1) is 11.7 Å². The minimum atomic E-state index is -0.0715. The van der Waals surface area contributed by atoms with E-state index in [0.717, 1.165) is 56.0 Å². The molecule has 1 aliphatic heterocycles. The molecule has 142 valence electrons. The summed E-state index contributed by atoms with van der Waals surface area (Å²) in [5.41, 5.74) is 0.851. The van der Waals surface area contributed by atoms with Gasteiger partial charge in [0.2, 0.25) is 0 Å². The first-order valence-corrected chi connectivity index (χ1v) is 8.97. The van der Waals surface area contributed by atoms with Crippen molar-refractivity contribution in [2.75, 3.05) is 33.4 Å². The number of rotatable bonds is 7. The Hall–Kier alpha value is -1.78. The van der Waals surface area contributed by atoms with E-state index in [1.807, 2.05) is 36.4 Å². The number of methoxy groups -OCH3 is 1. The van der Waals surface area contributed by atoms with Crippen molar-refractivity contribution >= 4 is 12.4 Å². The molecule has 0 aromatic heterocycles. The highest BCUT2D eigenvalue weighted by atomic mass is 35.5. The van der Waals surface area contributed by atoms with Crippen LogP contribution in [0.15, 0.2) is 48.5 Å². The number of halogens is 2. The zero-order valence-electron chi connectivity index (χ0n) is 15.2. The van der Waals surface area contributed by atoms with E-state index in [0.29, 0.717) is 12.5 Å². The van der Waals surface area contributed by atoms with Crippen LogP contribution in [0.1, 0.15) is 18.4 Å². The number of hydrogen-bond acceptors (Lipinski definition) is 3. The molecule has 0 radical (unpaired) electrons. The molecule has 0 saturated carbocycles. The predicted octanol–water partition coefficient (Wildman–Crippen LogP) is 4.59. The Kier molecular flexibility index (Phi) is 8.20. The quantitative estimate of drug-likeness (QED) is 0.702. The van der Waals surface area contributed by atoms with Gasteiger partial charge in [-0.3, -0.25) is 4.90 Å². The molecule has 1 heterocycles. The van der Waals surface area contributed by atoms with Gasteiger partial charge in [-0.25, -0.2) is 4.39 Å². The second-order valence-electron chi connectivity index (χ2n) is 6.60. The first kappa shape index (κ1) is 20.5. The molecule has 3 rings (SSSR count). The summed E-state index contributed by atoms with van der Waals surface area (Å²) in [6.45, 7) is 3.74. The standard InChI is InChI=1S/C21H26FNO2.ClH/c1-24-19-6-8-20(9-7-19)25-15-14-23-12-10-17(11-13-23)16-18-4-2-3-5-21(18)22;/h2-9,17H,10-16H2,1H3;1H. The lowest BCUT2D eigenvalue weighted by Crippen LogP contribution is -2.37. The molecule has 2 aromatic carbocycles. The van der Waals surface area contributed by atoms with Crippen LogP contribution in [0.2, 0.25) is 0 Å². The van der Waals surface area contributed by atoms with Crippen LogP contribution < -0.4 is 9.47 Å². The van der Waals surface area contributed by atoms with Crippen molar-refractivity contribution in [3.05, 3.63) is 59.9 Å². The normalized spacial score (nSPS) is 15.3. The van der Waals surface area contributed by atoms with Crippen molar-refractivity contribution in [2.24, 2.45) is 5.92 Å². The Balaban J connectivity index is 0.00000243. The van der Waals surface area contributed by atoms with E-state index >= 15 is 0 Å². The molecule has 0 atom stereocenters. The fourth-order valence-corrected chi connectivity index (χ4v) is 3.35. The zero-order valence-corrected chi connectivity index (χ0v) is 16.0. The third-order valence-electron chi connectivity index (χ3n) is 4.91. The van der Waals surface area contributed by atoms with E-state index in [4.69, 9.17) is 9.47 Å². The highest BCUT2D eigenvalue weighted by molar-refractivity contribution is 5.85. The minimum absolute atomic E-state index is 0. The Morgan fingerprint density at radius 3 is 2.31 bits per heavy atom. The van der Waals surface area contributed by atoms with Gasteiger partial charge in [0.1, 0.15) is 23.9 Å². The summed E-state index contributed by atoms with van der Waals surface area (Å²) in [4.78, 5) is 2.43. The van der Waals surface area contributed by atoms with Crippen LogP contribution in [0.4, 0.5) is 4.39 Å². The molecule has 0 unspecified atom stereocenters. The number of benzene rings is 2. The molecule has 1 fully saturated rings. The third kappa shape index (κ3) is 5.89. The minimum Gasteiger partial charge on any atom is -0.497 e. The molecule has 2 aromatic rings. The van der Waals surface area contributed by atoms with Crippen molar-refractivity contribution < 1.29 is 13.9 Å².